The maximum Gasteiger partial charge on any atom is 0.352 e. The number of carbonyl (C=O) groups excluding carboxylic acids is 2. The second-order valence-corrected chi connectivity index (χ2v) is 12.0. The van der Waals surface area contributed by atoms with E-state index in [0.717, 1.165) is 15.5 Å². The van der Waals surface area contributed by atoms with Gasteiger partial charge < -0.3 is 9.84 Å². The van der Waals surface area contributed by atoms with E-state index < -0.39 is 52.3 Å². The number of halogens is 2. The number of amides is 2. The Kier molecular flexibility index (Phi) is 6.63. The van der Waals surface area contributed by atoms with Crippen LogP contribution in [0, 0.1) is 17.2 Å². The molecule has 230 valence electrons. The fourth-order valence-corrected chi connectivity index (χ4v) is 7.51. The number of aromatic nitrogens is 3. The number of allylic oxidation sites excluding steroid dienone is 2. The molecule has 1 aliphatic carbocycles. The average molecular weight is 631 g/mol. The van der Waals surface area contributed by atoms with Crippen LogP contribution in [-0.4, -0.2) is 37.5 Å². The van der Waals surface area contributed by atoms with Gasteiger partial charge in [-0.25, -0.2) is 32.8 Å². The molecule has 45 heavy (non-hydrogen) atoms. The summed E-state index contributed by atoms with van der Waals surface area (Å²) in [5.74, 6) is -3.66. The van der Waals surface area contributed by atoms with E-state index in [1.807, 2.05) is 0 Å². The van der Waals surface area contributed by atoms with Crippen molar-refractivity contribution in [2.75, 3.05) is 11.5 Å². The first-order chi connectivity index (χ1) is 21.6. The summed E-state index contributed by atoms with van der Waals surface area (Å²) in [6.45, 7) is 3.76. The lowest BCUT2D eigenvalue weighted by Crippen LogP contribution is -2.49. The van der Waals surface area contributed by atoms with Gasteiger partial charge in [0.05, 0.1) is 46.9 Å². The molecule has 1 saturated carbocycles. The largest absolute Gasteiger partial charge is 0.504 e. The molecular formula is C33H28ClFN4O6. The molecule has 2 fully saturated rings. The summed E-state index contributed by atoms with van der Waals surface area (Å²) in [6, 6.07) is 16.3. The van der Waals surface area contributed by atoms with Gasteiger partial charge in [-0.3, -0.25) is 9.59 Å². The van der Waals surface area contributed by atoms with Crippen molar-refractivity contribution in [3.8, 4) is 17.2 Å². The van der Waals surface area contributed by atoms with Gasteiger partial charge in [0.25, 0.3) is 0 Å². The van der Waals surface area contributed by atoms with E-state index in [4.69, 9.17) is 16.3 Å². The number of imide groups is 1. The summed E-state index contributed by atoms with van der Waals surface area (Å²) in [5.41, 5.74) is -1.09. The number of para-hydroxylation sites is 2. The van der Waals surface area contributed by atoms with E-state index >= 15 is 0 Å². The first kappa shape index (κ1) is 28.8. The number of rotatable bonds is 5. The van der Waals surface area contributed by atoms with Gasteiger partial charge in [0.1, 0.15) is 5.82 Å². The second-order valence-electron chi connectivity index (χ2n) is 11.6. The zero-order chi connectivity index (χ0) is 31.8. The highest BCUT2D eigenvalue weighted by atomic mass is 35.5. The Labute approximate surface area is 261 Å². The molecule has 3 aromatic carbocycles. The molecule has 4 atom stereocenters. The zero-order valence-corrected chi connectivity index (χ0v) is 25.1. The number of nitrogens with zero attached hydrogens (tertiary/aromatic N) is 4. The lowest BCUT2D eigenvalue weighted by Gasteiger charge is -2.47. The fourth-order valence-electron chi connectivity index (χ4n) is 7.33. The van der Waals surface area contributed by atoms with E-state index in [1.54, 1.807) is 68.5 Å². The Hall–Kier alpha value is -4.90. The molecule has 0 spiro atoms. The van der Waals surface area contributed by atoms with Crippen LogP contribution >= 0.6 is 11.6 Å². The van der Waals surface area contributed by atoms with E-state index in [2.05, 4.69) is 0 Å². The molecular weight excluding hydrogens is 603 g/mol. The van der Waals surface area contributed by atoms with E-state index in [0.29, 0.717) is 16.8 Å². The molecule has 3 aliphatic rings. The number of hydrogen-bond donors (Lipinski definition) is 1. The van der Waals surface area contributed by atoms with Crippen molar-refractivity contribution < 1.29 is 23.8 Å². The highest BCUT2D eigenvalue weighted by molar-refractivity contribution is 6.31. The molecule has 12 heteroatoms. The number of phenolic OH excluding ortho intramolecular Hbond substituents is 1. The van der Waals surface area contributed by atoms with Crippen molar-refractivity contribution in [3.63, 3.8) is 0 Å². The molecule has 4 unspecified atom stereocenters. The summed E-state index contributed by atoms with van der Waals surface area (Å²) in [6.07, 6.45) is 1.83. The lowest BCUT2D eigenvalue weighted by molar-refractivity contribution is -0.129. The van der Waals surface area contributed by atoms with Crippen molar-refractivity contribution in [1.29, 1.82) is 0 Å². The number of phenols is 1. The Morgan fingerprint density at radius 1 is 1.00 bits per heavy atom. The van der Waals surface area contributed by atoms with Crippen LogP contribution < -0.4 is 21.0 Å². The van der Waals surface area contributed by atoms with Gasteiger partial charge in [-0.1, -0.05) is 48.0 Å². The highest BCUT2D eigenvalue weighted by Gasteiger charge is 2.66. The van der Waals surface area contributed by atoms with Gasteiger partial charge >= 0.3 is 11.4 Å². The number of hydrogen-bond acceptors (Lipinski definition) is 6. The van der Waals surface area contributed by atoms with Crippen molar-refractivity contribution in [3.05, 3.63) is 116 Å². The third-order valence-electron chi connectivity index (χ3n) is 9.35. The third-order valence-corrected chi connectivity index (χ3v) is 9.64. The predicted molar refractivity (Wildman–Crippen MR) is 164 cm³/mol. The van der Waals surface area contributed by atoms with Gasteiger partial charge in [0, 0.05) is 11.5 Å². The van der Waals surface area contributed by atoms with Crippen LogP contribution in [-0.2, 0) is 16.1 Å². The van der Waals surface area contributed by atoms with Crippen LogP contribution in [0.3, 0.4) is 0 Å². The van der Waals surface area contributed by atoms with Crippen LogP contribution in [0.1, 0.15) is 37.8 Å². The van der Waals surface area contributed by atoms with Crippen LogP contribution in [0.25, 0.3) is 5.69 Å². The van der Waals surface area contributed by atoms with E-state index in [1.165, 1.54) is 21.5 Å². The Morgan fingerprint density at radius 3 is 2.47 bits per heavy atom. The molecule has 10 nitrogen and oxygen atoms in total. The Bertz CT molecular complexity index is 2050. The molecule has 1 N–H and O–H groups in total. The molecule has 3 heterocycles. The minimum Gasteiger partial charge on any atom is -0.504 e. The number of ether oxygens (including phenoxy) is 1. The van der Waals surface area contributed by atoms with Gasteiger partial charge in [-0.15, -0.1) is 0 Å². The highest BCUT2D eigenvalue weighted by Crippen LogP contribution is 2.62. The molecule has 1 aromatic heterocycles. The van der Waals surface area contributed by atoms with Gasteiger partial charge in [-0.05, 0) is 62.2 Å². The van der Waals surface area contributed by atoms with Gasteiger partial charge in [0.15, 0.2) is 11.5 Å². The molecule has 1 saturated heterocycles. The van der Waals surface area contributed by atoms with Gasteiger partial charge in [-0.2, -0.15) is 0 Å². The van der Waals surface area contributed by atoms with Crippen LogP contribution in [0.15, 0.2) is 88.0 Å². The summed E-state index contributed by atoms with van der Waals surface area (Å²) in [4.78, 5) is 57.4. The fraction of sp³-hybridized carbons (Fsp3) is 0.273. The maximum absolute atomic E-state index is 14.5. The number of anilines is 1. The minimum absolute atomic E-state index is 0.0267. The summed E-state index contributed by atoms with van der Waals surface area (Å²) >= 11 is 6.06. The topological polar surface area (TPSA) is 116 Å². The lowest BCUT2D eigenvalue weighted by atomic mass is 9.56. The SMILES string of the molecule is CCOc1cccc(C2C3=CCn4c(=O)n(-c5ccccc5)c(=O)n4C3CC3C(=O)N(c4ccc(F)c(Cl)c4)C(=O)C32C)c1O. The maximum atomic E-state index is 14.5. The molecule has 0 bridgehead atoms. The molecule has 7 rings (SSSR count). The average Bonchev–Trinajstić information content (AvgIpc) is 3.40. The molecule has 0 radical (unpaired) electrons. The van der Waals surface area contributed by atoms with Gasteiger partial charge in [0.2, 0.25) is 11.8 Å². The standard InChI is InChI=1S/C33H28ClFN4O6/c1-3-45-26-11-7-10-21(28(26)40)27-20-14-15-36-31(43)38(18-8-5-4-6-9-18)32(44)39(36)25(20)17-22-29(41)37(30(42)33(22,27)2)19-12-13-24(35)23(34)16-19/h4-14,16,22,25,27,40H,3,15,17H2,1-2H3. The first-order valence-electron chi connectivity index (χ1n) is 14.6. The van der Waals surface area contributed by atoms with Crippen LogP contribution in [0.5, 0.6) is 11.5 Å². The van der Waals surface area contributed by atoms with E-state index in [-0.39, 0.29) is 41.8 Å². The van der Waals surface area contributed by atoms with Crippen LogP contribution in [0.2, 0.25) is 5.02 Å². The number of aromatic hydroxyl groups is 1. The first-order valence-corrected chi connectivity index (χ1v) is 14.9. The Morgan fingerprint density at radius 2 is 1.76 bits per heavy atom. The monoisotopic (exact) mass is 630 g/mol. The zero-order valence-electron chi connectivity index (χ0n) is 24.3. The number of carbonyl (C=O) groups is 2. The predicted octanol–water partition coefficient (Wildman–Crippen LogP) is 4.56. The number of benzene rings is 3. The van der Waals surface area contributed by atoms with Crippen molar-refractivity contribution in [2.24, 2.45) is 11.3 Å². The third kappa shape index (κ3) is 3.99. The molecule has 2 aliphatic heterocycles. The second kappa shape index (κ2) is 10.3. The summed E-state index contributed by atoms with van der Waals surface area (Å²) in [7, 11) is 0. The van der Waals surface area contributed by atoms with Crippen molar-refractivity contribution >= 4 is 29.1 Å². The van der Waals surface area contributed by atoms with Crippen molar-refractivity contribution in [1.82, 2.24) is 13.9 Å². The number of fused-ring (bicyclic) bond motifs is 4. The van der Waals surface area contributed by atoms with Crippen molar-refractivity contribution in [2.45, 2.75) is 38.8 Å². The quantitative estimate of drug-likeness (QED) is 0.255. The normalized spacial score (nSPS) is 23.8. The minimum atomic E-state index is -1.43. The molecule has 2 amide bonds. The van der Waals surface area contributed by atoms with E-state index in [9.17, 15) is 28.7 Å². The summed E-state index contributed by atoms with van der Waals surface area (Å²) in [5, 5.41) is 11.2. The molecule has 4 aromatic rings. The summed E-state index contributed by atoms with van der Waals surface area (Å²) < 4.78 is 23.5. The van der Waals surface area contributed by atoms with Crippen LogP contribution in [0.4, 0.5) is 10.1 Å². The Balaban J connectivity index is 1.45. The smallest absolute Gasteiger partial charge is 0.352 e.